The molecule has 1 heterocycles. The molecule has 0 aliphatic carbocycles. The molecule has 5 aromatic rings. The number of rotatable bonds is 12. The van der Waals surface area contributed by atoms with Crippen molar-refractivity contribution in [1.29, 1.82) is 0 Å². The first kappa shape index (κ1) is 29.1. The van der Waals surface area contributed by atoms with Gasteiger partial charge < -0.3 is 24.4 Å². The molecule has 1 amide bonds. The van der Waals surface area contributed by atoms with Gasteiger partial charge in [0.1, 0.15) is 28.8 Å². The lowest BCUT2D eigenvalue weighted by molar-refractivity contribution is 0.0946. The third-order valence-corrected chi connectivity index (χ3v) is 6.64. The summed E-state index contributed by atoms with van der Waals surface area (Å²) in [6.45, 7) is 1.16. The number of carbonyl (C=O) groups excluding carboxylic acids is 1. The number of carbonyl (C=O) groups is 1. The lowest BCUT2D eigenvalue weighted by Crippen LogP contribution is -2.27. The Morgan fingerprint density at radius 2 is 1.37 bits per heavy atom. The third kappa shape index (κ3) is 7.85. The van der Waals surface area contributed by atoms with Crippen molar-refractivity contribution in [1.82, 2.24) is 15.3 Å². The lowest BCUT2D eigenvalue weighted by atomic mass is 10.1. The Labute approximate surface area is 249 Å². The Morgan fingerprint density at radius 1 is 0.767 bits per heavy atom. The molecule has 0 fully saturated rings. The van der Waals surface area contributed by atoms with Crippen molar-refractivity contribution in [2.24, 2.45) is 0 Å². The van der Waals surface area contributed by atoms with Gasteiger partial charge in [-0.05, 0) is 65.7 Å². The molecule has 4 aromatic carbocycles. The maximum Gasteiger partial charge on any atom is 0.254 e. The molecule has 0 bridgehead atoms. The zero-order valence-corrected chi connectivity index (χ0v) is 23.9. The number of aromatic nitrogens is 2. The summed E-state index contributed by atoms with van der Waals surface area (Å²) in [7, 11) is 3.26. The van der Waals surface area contributed by atoms with Crippen molar-refractivity contribution in [3.8, 4) is 23.0 Å². The Bertz CT molecular complexity index is 1600. The van der Waals surface area contributed by atoms with E-state index in [-0.39, 0.29) is 12.1 Å². The largest absolute Gasteiger partial charge is 0.497 e. The van der Waals surface area contributed by atoms with Gasteiger partial charge in [0.25, 0.3) is 5.91 Å². The number of nitrogens with one attached hydrogen (secondary N) is 1. The van der Waals surface area contributed by atoms with E-state index in [1.54, 1.807) is 44.7 Å². The van der Waals surface area contributed by atoms with Gasteiger partial charge in [-0.15, -0.1) is 0 Å². The first-order valence-corrected chi connectivity index (χ1v) is 13.6. The summed E-state index contributed by atoms with van der Waals surface area (Å²) in [5.74, 6) is 1.67. The van der Waals surface area contributed by atoms with Crippen LogP contribution in [0.2, 0.25) is 0 Å². The number of halogens is 1. The van der Waals surface area contributed by atoms with Crippen LogP contribution in [0.5, 0.6) is 23.0 Å². The second-order valence-corrected chi connectivity index (χ2v) is 9.64. The number of anilines is 1. The quantitative estimate of drug-likeness (QED) is 0.179. The highest BCUT2D eigenvalue weighted by molar-refractivity contribution is 5.94. The average Bonchev–Trinajstić information content (AvgIpc) is 3.05. The van der Waals surface area contributed by atoms with Crippen molar-refractivity contribution < 1.29 is 23.4 Å². The molecule has 0 aliphatic rings. The molecular formula is C34H31FN4O4. The molecule has 0 saturated heterocycles. The number of benzene rings is 4. The van der Waals surface area contributed by atoms with Gasteiger partial charge in [-0.2, -0.15) is 0 Å². The molecule has 218 valence electrons. The van der Waals surface area contributed by atoms with Crippen LogP contribution in [0.25, 0.3) is 0 Å². The van der Waals surface area contributed by atoms with E-state index in [9.17, 15) is 9.18 Å². The Hall–Kier alpha value is -5.44. The summed E-state index contributed by atoms with van der Waals surface area (Å²) in [5, 5.41) is 2.76. The number of para-hydroxylation sites is 1. The number of methoxy groups -OCH3 is 2. The molecule has 8 nitrogen and oxygen atoms in total. The Kier molecular flexibility index (Phi) is 9.43. The monoisotopic (exact) mass is 578 g/mol. The van der Waals surface area contributed by atoms with E-state index in [4.69, 9.17) is 19.2 Å². The minimum atomic E-state index is -0.681. The molecule has 9 heteroatoms. The minimum Gasteiger partial charge on any atom is -0.497 e. The maximum atomic E-state index is 14.8. The molecule has 43 heavy (non-hydrogen) atoms. The van der Waals surface area contributed by atoms with Crippen LogP contribution in [-0.2, 0) is 19.6 Å². The summed E-state index contributed by atoms with van der Waals surface area (Å²) in [6.07, 6.45) is 1.65. The first-order chi connectivity index (χ1) is 21.0. The molecule has 1 N–H and O–H groups in total. The average molecular weight is 579 g/mol. The van der Waals surface area contributed by atoms with E-state index >= 15 is 0 Å². The van der Waals surface area contributed by atoms with Crippen molar-refractivity contribution in [3.63, 3.8) is 0 Å². The third-order valence-electron chi connectivity index (χ3n) is 6.64. The number of hydrogen-bond acceptors (Lipinski definition) is 7. The van der Waals surface area contributed by atoms with E-state index in [1.807, 2.05) is 71.6 Å². The zero-order chi connectivity index (χ0) is 30.0. The van der Waals surface area contributed by atoms with E-state index in [0.29, 0.717) is 36.2 Å². The van der Waals surface area contributed by atoms with Crippen molar-refractivity contribution in [3.05, 3.63) is 138 Å². The Morgan fingerprint density at radius 3 is 1.95 bits per heavy atom. The number of amides is 1. The van der Waals surface area contributed by atoms with Crippen LogP contribution in [0, 0.1) is 5.82 Å². The summed E-state index contributed by atoms with van der Waals surface area (Å²) in [4.78, 5) is 24.1. The SMILES string of the molecule is COc1ccc(CN(Cc2ccc(OC)cc2)c2nccc(CNC(=O)c3ccc(Oc4ccccc4)cc3F)n2)cc1. The summed E-state index contributed by atoms with van der Waals surface area (Å²) >= 11 is 0. The van der Waals surface area contributed by atoms with Gasteiger partial charge in [-0.1, -0.05) is 42.5 Å². The van der Waals surface area contributed by atoms with Crippen LogP contribution in [0.15, 0.2) is 109 Å². The molecule has 0 radical (unpaired) electrons. The highest BCUT2D eigenvalue weighted by Gasteiger charge is 2.16. The van der Waals surface area contributed by atoms with Gasteiger partial charge in [0.05, 0.1) is 32.0 Å². The Balaban J connectivity index is 1.29. The molecule has 0 spiro atoms. The van der Waals surface area contributed by atoms with Crippen molar-refractivity contribution in [2.75, 3.05) is 19.1 Å². The molecule has 5 rings (SSSR count). The zero-order valence-electron chi connectivity index (χ0n) is 23.9. The van der Waals surface area contributed by atoms with Crippen LogP contribution in [0.3, 0.4) is 0 Å². The fourth-order valence-corrected chi connectivity index (χ4v) is 4.37. The van der Waals surface area contributed by atoms with Gasteiger partial charge in [-0.25, -0.2) is 14.4 Å². The second-order valence-electron chi connectivity index (χ2n) is 9.64. The molecule has 0 aliphatic heterocycles. The standard InChI is InChI=1S/C34H31FN4O4/c1-41-27-12-8-24(9-13-27)22-39(23-25-10-14-28(42-2)15-11-25)34-36-19-18-26(38-34)21-37-33(40)31-17-16-30(20-32(31)35)43-29-6-4-3-5-7-29/h3-20H,21-23H2,1-2H3,(H,37,40). The number of hydrogen-bond donors (Lipinski definition) is 1. The highest BCUT2D eigenvalue weighted by atomic mass is 19.1. The molecule has 0 unspecified atom stereocenters. The van der Waals surface area contributed by atoms with E-state index in [0.717, 1.165) is 22.6 Å². The fraction of sp³-hybridized carbons (Fsp3) is 0.147. The highest BCUT2D eigenvalue weighted by Crippen LogP contribution is 2.24. The predicted octanol–water partition coefficient (Wildman–Crippen LogP) is 6.56. The predicted molar refractivity (Wildman–Crippen MR) is 162 cm³/mol. The van der Waals surface area contributed by atoms with E-state index < -0.39 is 11.7 Å². The van der Waals surface area contributed by atoms with Gasteiger partial charge in [0, 0.05) is 25.4 Å². The molecule has 0 saturated carbocycles. The first-order valence-electron chi connectivity index (χ1n) is 13.6. The van der Waals surface area contributed by atoms with Gasteiger partial charge in [0.15, 0.2) is 0 Å². The number of ether oxygens (including phenoxy) is 3. The molecule has 1 aromatic heterocycles. The van der Waals surface area contributed by atoms with E-state index in [1.165, 1.54) is 12.1 Å². The van der Waals surface area contributed by atoms with Gasteiger partial charge >= 0.3 is 0 Å². The lowest BCUT2D eigenvalue weighted by Gasteiger charge is -2.23. The summed E-state index contributed by atoms with van der Waals surface area (Å²) < 4.78 is 31.1. The van der Waals surface area contributed by atoms with Crippen LogP contribution in [0.1, 0.15) is 27.2 Å². The normalized spacial score (nSPS) is 10.6. The minimum absolute atomic E-state index is 0.0877. The summed E-state index contributed by atoms with van der Waals surface area (Å²) in [5.41, 5.74) is 2.59. The fourth-order valence-electron chi connectivity index (χ4n) is 4.37. The van der Waals surface area contributed by atoms with Crippen LogP contribution in [-0.4, -0.2) is 30.1 Å². The molecular weight excluding hydrogens is 547 g/mol. The number of nitrogens with zero attached hydrogens (tertiary/aromatic N) is 3. The molecule has 0 atom stereocenters. The van der Waals surface area contributed by atoms with Crippen LogP contribution >= 0.6 is 0 Å². The van der Waals surface area contributed by atoms with Crippen molar-refractivity contribution >= 4 is 11.9 Å². The maximum absolute atomic E-state index is 14.8. The smallest absolute Gasteiger partial charge is 0.254 e. The topological polar surface area (TPSA) is 85.8 Å². The van der Waals surface area contributed by atoms with Crippen molar-refractivity contribution in [2.45, 2.75) is 19.6 Å². The van der Waals surface area contributed by atoms with E-state index in [2.05, 4.69) is 10.3 Å². The van der Waals surface area contributed by atoms with Gasteiger partial charge in [-0.3, -0.25) is 4.79 Å². The summed E-state index contributed by atoms with van der Waals surface area (Å²) in [6, 6.07) is 30.5. The van der Waals surface area contributed by atoms with Crippen LogP contribution < -0.4 is 24.4 Å². The van der Waals surface area contributed by atoms with Crippen LogP contribution in [0.4, 0.5) is 10.3 Å². The van der Waals surface area contributed by atoms with Gasteiger partial charge in [0.2, 0.25) is 5.95 Å². The second kappa shape index (κ2) is 14.0.